The maximum absolute atomic E-state index is 12.9. The fourth-order valence-corrected chi connectivity index (χ4v) is 9.43. The average Bonchev–Trinajstić information content (AvgIpc) is 3.42. The minimum Gasteiger partial charge on any atom is -0.462 e. The molecule has 0 rings (SSSR count). The van der Waals surface area contributed by atoms with Crippen LogP contribution in [0.25, 0.3) is 0 Å². The topological polar surface area (TPSA) is 78.9 Å². The first-order valence-electron chi connectivity index (χ1n) is 32.9. The number of carbonyl (C=O) groups is 3. The van der Waals surface area contributed by atoms with Gasteiger partial charge in [0.05, 0.1) is 0 Å². The van der Waals surface area contributed by atoms with E-state index in [-0.39, 0.29) is 31.1 Å². The smallest absolute Gasteiger partial charge is 0.306 e. The summed E-state index contributed by atoms with van der Waals surface area (Å²) in [6, 6.07) is 0. The molecule has 0 heterocycles. The van der Waals surface area contributed by atoms with Crippen LogP contribution in [0.4, 0.5) is 0 Å². The highest BCUT2D eigenvalue weighted by atomic mass is 16.6. The maximum atomic E-state index is 12.9. The predicted molar refractivity (Wildman–Crippen MR) is 330 cm³/mol. The van der Waals surface area contributed by atoms with Gasteiger partial charge in [0.2, 0.25) is 0 Å². The van der Waals surface area contributed by atoms with E-state index < -0.39 is 6.10 Å². The Kier molecular flexibility index (Phi) is 61.7. The molecule has 0 amide bonds. The third-order valence-corrected chi connectivity index (χ3v) is 14.4. The molecule has 0 aliphatic carbocycles. The maximum Gasteiger partial charge on any atom is 0.306 e. The number of hydrogen-bond acceptors (Lipinski definition) is 6. The van der Waals surface area contributed by atoms with Gasteiger partial charge in [0, 0.05) is 19.3 Å². The van der Waals surface area contributed by atoms with Crippen LogP contribution >= 0.6 is 0 Å². The number of carbonyl (C=O) groups excluding carboxylic acids is 3. The highest BCUT2D eigenvalue weighted by Gasteiger charge is 2.19. The summed E-state index contributed by atoms with van der Waals surface area (Å²) < 4.78 is 16.9. The average molecular weight is 1060 g/mol. The fourth-order valence-electron chi connectivity index (χ4n) is 9.43. The predicted octanol–water partition coefficient (Wildman–Crippen LogP) is 22.5. The number of hydrogen-bond donors (Lipinski definition) is 0. The van der Waals surface area contributed by atoms with Gasteiger partial charge < -0.3 is 14.2 Å². The Morgan fingerprint density at radius 3 is 0.803 bits per heavy atom. The van der Waals surface area contributed by atoms with E-state index in [0.29, 0.717) is 19.3 Å². The molecule has 1 atom stereocenters. The summed E-state index contributed by atoms with van der Waals surface area (Å²) in [6.07, 6.45) is 83.5. The van der Waals surface area contributed by atoms with Crippen LogP contribution in [0.5, 0.6) is 0 Å². The third-order valence-electron chi connectivity index (χ3n) is 14.4. The van der Waals surface area contributed by atoms with Gasteiger partial charge in [0.15, 0.2) is 6.10 Å². The lowest BCUT2D eigenvalue weighted by atomic mass is 10.0. The second-order valence-corrected chi connectivity index (χ2v) is 22.0. The van der Waals surface area contributed by atoms with E-state index in [0.717, 1.165) is 109 Å². The quantitative estimate of drug-likeness (QED) is 0.0261. The molecule has 76 heavy (non-hydrogen) atoms. The lowest BCUT2D eigenvalue weighted by Gasteiger charge is -2.18. The molecule has 0 bridgehead atoms. The van der Waals surface area contributed by atoms with Gasteiger partial charge >= 0.3 is 17.9 Å². The van der Waals surface area contributed by atoms with E-state index in [2.05, 4.69) is 93.7 Å². The van der Waals surface area contributed by atoms with Crippen molar-refractivity contribution < 1.29 is 28.6 Å². The standard InChI is InChI=1S/C70H124O6/c1-4-7-10-13-16-19-22-25-27-29-30-31-32-33-34-35-36-37-38-39-40-41-43-45-48-51-54-57-60-63-69(72)75-66-67(65-74-68(71)62-59-56-53-50-47-44-24-21-18-15-12-9-6-3)76-70(73)64-61-58-55-52-49-46-42-28-26-23-20-17-14-11-8-5-2/h12,15,21-22,24-25,28-30,32-33,42,67H,4-11,13-14,16-20,23,26-27,31,34-41,43-66H2,1-3H3/b15-12-,24-21-,25-22-,30-29-,33-32-,42-28-. The number of rotatable bonds is 60. The first-order valence-corrected chi connectivity index (χ1v) is 32.9. The first-order chi connectivity index (χ1) is 37.5. The molecule has 0 N–H and O–H groups in total. The Labute approximate surface area is 472 Å². The lowest BCUT2D eigenvalue weighted by Crippen LogP contribution is -2.30. The first kappa shape index (κ1) is 72.8. The van der Waals surface area contributed by atoms with Crippen molar-refractivity contribution in [2.24, 2.45) is 0 Å². The van der Waals surface area contributed by atoms with Gasteiger partial charge in [-0.2, -0.15) is 0 Å². The van der Waals surface area contributed by atoms with Crippen molar-refractivity contribution >= 4 is 17.9 Å². The van der Waals surface area contributed by atoms with Gasteiger partial charge in [0.1, 0.15) is 13.2 Å². The van der Waals surface area contributed by atoms with Gasteiger partial charge in [0.25, 0.3) is 0 Å². The van der Waals surface area contributed by atoms with Crippen LogP contribution in [0.1, 0.15) is 335 Å². The molecule has 0 aromatic carbocycles. The number of allylic oxidation sites excluding steroid dienone is 12. The summed E-state index contributed by atoms with van der Waals surface area (Å²) in [6.45, 7) is 6.58. The molecule has 1 unspecified atom stereocenters. The van der Waals surface area contributed by atoms with E-state index >= 15 is 0 Å². The highest BCUT2D eigenvalue weighted by Crippen LogP contribution is 2.16. The zero-order chi connectivity index (χ0) is 55.0. The molecular formula is C70H124O6. The summed E-state index contributed by atoms with van der Waals surface area (Å²) in [5.41, 5.74) is 0. The second kappa shape index (κ2) is 64.4. The largest absolute Gasteiger partial charge is 0.462 e. The van der Waals surface area contributed by atoms with Crippen molar-refractivity contribution in [1.29, 1.82) is 0 Å². The zero-order valence-corrected chi connectivity index (χ0v) is 50.5. The van der Waals surface area contributed by atoms with Gasteiger partial charge in [-0.25, -0.2) is 0 Å². The summed E-state index contributed by atoms with van der Waals surface area (Å²) in [4.78, 5) is 38.3. The molecule has 0 aliphatic heterocycles. The van der Waals surface area contributed by atoms with Crippen molar-refractivity contribution in [2.45, 2.75) is 341 Å². The van der Waals surface area contributed by atoms with Crippen LogP contribution in [0.15, 0.2) is 72.9 Å². The van der Waals surface area contributed by atoms with E-state index in [1.54, 1.807) is 0 Å². The van der Waals surface area contributed by atoms with E-state index in [1.807, 2.05) is 0 Å². The van der Waals surface area contributed by atoms with E-state index in [1.165, 1.54) is 186 Å². The van der Waals surface area contributed by atoms with Crippen molar-refractivity contribution in [3.63, 3.8) is 0 Å². The second-order valence-electron chi connectivity index (χ2n) is 22.0. The molecule has 440 valence electrons. The minimum atomic E-state index is -0.786. The van der Waals surface area contributed by atoms with Crippen molar-refractivity contribution in [3.8, 4) is 0 Å². The van der Waals surface area contributed by atoms with Crippen LogP contribution < -0.4 is 0 Å². The number of unbranched alkanes of at least 4 members (excludes halogenated alkanes) is 37. The molecule has 0 saturated heterocycles. The van der Waals surface area contributed by atoms with Crippen LogP contribution in [0.2, 0.25) is 0 Å². The number of esters is 3. The molecule has 6 heteroatoms. The Morgan fingerprint density at radius 2 is 0.500 bits per heavy atom. The van der Waals surface area contributed by atoms with Crippen LogP contribution in [-0.2, 0) is 28.6 Å². The number of ether oxygens (including phenoxy) is 3. The van der Waals surface area contributed by atoms with E-state index in [4.69, 9.17) is 14.2 Å². The molecule has 0 saturated carbocycles. The van der Waals surface area contributed by atoms with Crippen LogP contribution in [0.3, 0.4) is 0 Å². The minimum absolute atomic E-state index is 0.0816. The summed E-state index contributed by atoms with van der Waals surface area (Å²) >= 11 is 0. The van der Waals surface area contributed by atoms with Gasteiger partial charge in [-0.1, -0.05) is 280 Å². The summed E-state index contributed by atoms with van der Waals surface area (Å²) in [5, 5.41) is 0. The molecule has 0 radical (unpaired) electrons. The molecule has 0 aliphatic rings. The van der Waals surface area contributed by atoms with Crippen molar-refractivity contribution in [2.75, 3.05) is 13.2 Å². The van der Waals surface area contributed by atoms with Crippen LogP contribution in [0, 0.1) is 0 Å². The Morgan fingerprint density at radius 1 is 0.263 bits per heavy atom. The van der Waals surface area contributed by atoms with Crippen molar-refractivity contribution in [3.05, 3.63) is 72.9 Å². The van der Waals surface area contributed by atoms with Gasteiger partial charge in [-0.05, 0) is 109 Å². The Balaban J connectivity index is 4.23. The molecular weight excluding hydrogens is 937 g/mol. The molecule has 6 nitrogen and oxygen atoms in total. The zero-order valence-electron chi connectivity index (χ0n) is 50.5. The molecule has 0 aromatic heterocycles. The van der Waals surface area contributed by atoms with Crippen molar-refractivity contribution in [1.82, 2.24) is 0 Å². The Hall–Kier alpha value is -3.15. The van der Waals surface area contributed by atoms with Crippen LogP contribution in [-0.4, -0.2) is 37.2 Å². The highest BCUT2D eigenvalue weighted by molar-refractivity contribution is 5.71. The summed E-state index contributed by atoms with van der Waals surface area (Å²) in [5.74, 6) is -0.892. The van der Waals surface area contributed by atoms with E-state index in [9.17, 15) is 14.4 Å². The third kappa shape index (κ3) is 61.7. The summed E-state index contributed by atoms with van der Waals surface area (Å²) in [7, 11) is 0. The van der Waals surface area contributed by atoms with Gasteiger partial charge in [-0.3, -0.25) is 14.4 Å². The SMILES string of the molecule is CCC/C=C\C/C=C\CCCCCCCC(=O)OCC(COC(=O)CCCCCCCCCCCCCCCC/C=C\C/C=C\C/C=C\CCCCCCC)OC(=O)CCCCCCC/C=C\CCCCCCCCC. The molecule has 0 fully saturated rings. The fraction of sp³-hybridized carbons (Fsp3) is 0.786. The Bertz CT molecular complexity index is 1400. The molecule has 0 aromatic rings. The monoisotopic (exact) mass is 1060 g/mol. The lowest BCUT2D eigenvalue weighted by molar-refractivity contribution is -0.167. The molecule has 0 spiro atoms. The van der Waals surface area contributed by atoms with Gasteiger partial charge in [-0.15, -0.1) is 0 Å². The normalized spacial score (nSPS) is 12.5.